The number of hydrogen-bond donors (Lipinski definition) is 5. The van der Waals surface area contributed by atoms with Gasteiger partial charge in [-0.25, -0.2) is 4.79 Å². The van der Waals surface area contributed by atoms with E-state index in [0.717, 1.165) is 50.1 Å². The van der Waals surface area contributed by atoms with Crippen molar-refractivity contribution in [2.24, 2.45) is 4.99 Å². The SMILES string of the molecule is CN=Cc1cncc(COc2cc(OCc3cccc(-c4cccc(COc5cc(OCc6cncc(C=N)c6)c(CNCC(O)C(=O)O)cc5Cl)c4C)c3C)c(Cl)cc2CO)c1. The Hall–Kier alpha value is -6.35. The topological polar surface area (TPSA) is 189 Å². The number of carboxylic acids is 1. The van der Waals surface area contributed by atoms with Crippen molar-refractivity contribution in [1.29, 1.82) is 5.41 Å². The zero-order chi connectivity index (χ0) is 44.9. The smallest absolute Gasteiger partial charge is 0.333 e. The number of nitrogens with one attached hydrogen (secondary N) is 2. The van der Waals surface area contributed by atoms with Crippen molar-refractivity contribution in [3.05, 3.63) is 163 Å². The van der Waals surface area contributed by atoms with Gasteiger partial charge in [0.25, 0.3) is 0 Å². The number of nitrogens with zero attached hydrogens (tertiary/aromatic N) is 3. The molecule has 0 fully saturated rings. The molecule has 6 rings (SSSR count). The first-order valence-corrected chi connectivity index (χ1v) is 20.6. The van der Waals surface area contributed by atoms with Gasteiger partial charge in [-0.1, -0.05) is 59.6 Å². The van der Waals surface area contributed by atoms with Crippen LogP contribution in [0.4, 0.5) is 0 Å². The Morgan fingerprint density at radius 3 is 1.76 bits per heavy atom. The zero-order valence-electron chi connectivity index (χ0n) is 34.9. The Balaban J connectivity index is 1.17. The lowest BCUT2D eigenvalue weighted by Crippen LogP contribution is -2.32. The van der Waals surface area contributed by atoms with Crippen LogP contribution in [0.5, 0.6) is 23.0 Å². The zero-order valence-corrected chi connectivity index (χ0v) is 36.4. The molecule has 2 heterocycles. The summed E-state index contributed by atoms with van der Waals surface area (Å²) in [6.07, 6.45) is 7.98. The molecule has 1 atom stereocenters. The maximum atomic E-state index is 11.1. The molecule has 13 nitrogen and oxygen atoms in total. The number of hydrogen-bond acceptors (Lipinski definition) is 12. The van der Waals surface area contributed by atoms with Gasteiger partial charge in [0, 0.05) is 103 Å². The number of carbonyl (C=O) groups is 1. The summed E-state index contributed by atoms with van der Waals surface area (Å²) in [5.74, 6) is 0.333. The lowest BCUT2D eigenvalue weighted by atomic mass is 9.92. The van der Waals surface area contributed by atoms with Crippen molar-refractivity contribution in [1.82, 2.24) is 15.3 Å². The first kappa shape index (κ1) is 46.2. The second-order valence-electron chi connectivity index (χ2n) is 14.5. The number of ether oxygens (including phenoxy) is 4. The van der Waals surface area contributed by atoms with Gasteiger partial charge in [0.05, 0.1) is 16.7 Å². The van der Waals surface area contributed by atoms with Crippen molar-refractivity contribution < 1.29 is 39.1 Å². The standard InChI is InChI=1S/C48H47Cl2N5O8/c1-29-35(27-62-46-14-44(60-25-33-10-31(16-51)18-53-20-33)37(12-41(46)49)22-55-23-43(57)48(58)59)6-4-8-39(29)40-9-5-7-36(30(40)2)28-63-47-15-45(38(24-56)13-42(47)50)61-26-34-11-32(17-52-3)19-54-21-34/h4-21,43,51,55-57H,22-28H2,1-3H3,(H,58,59). The van der Waals surface area contributed by atoms with Crippen LogP contribution in [0.1, 0.15) is 55.6 Å². The highest BCUT2D eigenvalue weighted by Gasteiger charge is 2.18. The maximum Gasteiger partial charge on any atom is 0.333 e. The molecule has 0 aliphatic carbocycles. The van der Waals surface area contributed by atoms with Crippen LogP contribution in [0.15, 0.2) is 103 Å². The number of aromatic nitrogens is 2. The molecule has 0 radical (unpaired) electrons. The van der Waals surface area contributed by atoms with Crippen LogP contribution in [0.25, 0.3) is 11.1 Å². The number of aliphatic hydroxyl groups excluding tert-OH is 2. The van der Waals surface area contributed by atoms with E-state index in [4.69, 9.17) is 52.7 Å². The lowest BCUT2D eigenvalue weighted by molar-refractivity contribution is -0.146. The summed E-state index contributed by atoms with van der Waals surface area (Å²) in [4.78, 5) is 23.6. The molecule has 0 bridgehead atoms. The van der Waals surface area contributed by atoms with Gasteiger partial charge >= 0.3 is 5.97 Å². The van der Waals surface area contributed by atoms with E-state index in [2.05, 4.69) is 32.4 Å². The van der Waals surface area contributed by atoms with Crippen LogP contribution < -0.4 is 24.3 Å². The minimum Gasteiger partial charge on any atom is -0.488 e. The van der Waals surface area contributed by atoms with Gasteiger partial charge in [0.15, 0.2) is 6.10 Å². The predicted octanol–water partition coefficient (Wildman–Crippen LogP) is 8.46. The van der Waals surface area contributed by atoms with Crippen molar-refractivity contribution >= 4 is 41.6 Å². The van der Waals surface area contributed by atoms with Crippen molar-refractivity contribution in [3.63, 3.8) is 0 Å². The van der Waals surface area contributed by atoms with Gasteiger partial charge in [-0.2, -0.15) is 0 Å². The Morgan fingerprint density at radius 1 is 0.730 bits per heavy atom. The summed E-state index contributed by atoms with van der Waals surface area (Å²) in [6, 6.07) is 22.5. The van der Waals surface area contributed by atoms with Gasteiger partial charge in [-0.3, -0.25) is 15.0 Å². The molecule has 2 aromatic heterocycles. The summed E-state index contributed by atoms with van der Waals surface area (Å²) in [6.45, 7) is 4.55. The molecule has 0 aliphatic heterocycles. The van der Waals surface area contributed by atoms with Gasteiger partial charge in [0.1, 0.15) is 49.4 Å². The highest BCUT2D eigenvalue weighted by molar-refractivity contribution is 6.32. The second kappa shape index (κ2) is 22.1. The number of aliphatic imine (C=N–C) groups is 1. The van der Waals surface area contributed by atoms with Crippen LogP contribution in [-0.4, -0.2) is 63.4 Å². The van der Waals surface area contributed by atoms with E-state index in [9.17, 15) is 15.0 Å². The molecule has 63 heavy (non-hydrogen) atoms. The average molecular weight is 893 g/mol. The van der Waals surface area contributed by atoms with Crippen LogP contribution in [0.2, 0.25) is 10.0 Å². The molecule has 0 amide bonds. The van der Waals surface area contributed by atoms with Crippen LogP contribution >= 0.6 is 23.2 Å². The van der Waals surface area contributed by atoms with E-state index in [1.165, 1.54) is 6.21 Å². The fourth-order valence-corrected chi connectivity index (χ4v) is 7.18. The Kier molecular flexibility index (Phi) is 16.2. The summed E-state index contributed by atoms with van der Waals surface area (Å²) in [7, 11) is 1.70. The van der Waals surface area contributed by atoms with Gasteiger partial charge in [-0.15, -0.1) is 0 Å². The third kappa shape index (κ3) is 12.2. The number of aliphatic carboxylic acids is 1. The lowest BCUT2D eigenvalue weighted by Gasteiger charge is -2.19. The van der Waals surface area contributed by atoms with E-state index >= 15 is 0 Å². The minimum absolute atomic E-state index is 0.132. The van der Waals surface area contributed by atoms with Gasteiger partial charge < -0.3 is 45.0 Å². The molecule has 5 N–H and O–H groups in total. The van der Waals surface area contributed by atoms with Crippen molar-refractivity contribution in [3.8, 4) is 34.1 Å². The van der Waals surface area contributed by atoms with Crippen molar-refractivity contribution in [2.75, 3.05) is 13.6 Å². The van der Waals surface area contributed by atoms with E-state index in [0.29, 0.717) is 49.7 Å². The Bertz CT molecular complexity index is 2610. The highest BCUT2D eigenvalue weighted by Crippen LogP contribution is 2.37. The number of carboxylic acid groups (broad SMARTS) is 1. The van der Waals surface area contributed by atoms with Crippen LogP contribution in [0.3, 0.4) is 0 Å². The number of halogens is 2. The molecule has 1 unspecified atom stereocenters. The molecular formula is C48H47Cl2N5O8. The quantitative estimate of drug-likeness (QED) is 0.0436. The number of rotatable bonds is 21. The minimum atomic E-state index is -1.58. The highest BCUT2D eigenvalue weighted by atomic mass is 35.5. The van der Waals surface area contributed by atoms with Gasteiger partial charge in [-0.05, 0) is 71.5 Å². The molecule has 326 valence electrons. The molecule has 0 aliphatic rings. The third-order valence-electron chi connectivity index (χ3n) is 10.2. The van der Waals surface area contributed by atoms with E-state index in [1.807, 2.05) is 44.2 Å². The normalized spacial score (nSPS) is 11.7. The fourth-order valence-electron chi connectivity index (χ4n) is 6.70. The Labute approximate surface area is 375 Å². The molecular weight excluding hydrogens is 845 g/mol. The number of benzene rings is 4. The van der Waals surface area contributed by atoms with Gasteiger partial charge in [0.2, 0.25) is 0 Å². The van der Waals surface area contributed by atoms with Crippen LogP contribution in [-0.2, 0) is 44.4 Å². The molecule has 4 aromatic carbocycles. The fraction of sp³-hybridized carbons (Fsp3) is 0.229. The van der Waals surface area contributed by atoms with E-state index in [1.54, 1.807) is 68.4 Å². The average Bonchev–Trinajstić information content (AvgIpc) is 3.28. The summed E-state index contributed by atoms with van der Waals surface area (Å²) in [5.41, 5.74) is 10.1. The van der Waals surface area contributed by atoms with Crippen LogP contribution in [0, 0.1) is 19.3 Å². The monoisotopic (exact) mass is 891 g/mol. The molecule has 0 saturated heterocycles. The largest absolute Gasteiger partial charge is 0.488 e. The Morgan fingerprint density at radius 2 is 1.24 bits per heavy atom. The molecule has 15 heteroatoms. The summed E-state index contributed by atoms with van der Waals surface area (Å²) < 4.78 is 24.9. The third-order valence-corrected chi connectivity index (χ3v) is 10.7. The summed E-state index contributed by atoms with van der Waals surface area (Å²) in [5, 5.41) is 40.1. The van der Waals surface area contributed by atoms with Crippen molar-refractivity contribution in [2.45, 2.75) is 59.5 Å². The summed E-state index contributed by atoms with van der Waals surface area (Å²) >= 11 is 13.4. The first-order chi connectivity index (χ1) is 30.5. The number of pyridine rings is 2. The van der Waals surface area contributed by atoms with E-state index in [-0.39, 0.29) is 46.1 Å². The molecule has 0 spiro atoms. The maximum absolute atomic E-state index is 11.1. The van der Waals surface area contributed by atoms with E-state index < -0.39 is 12.1 Å². The predicted molar refractivity (Wildman–Crippen MR) is 243 cm³/mol. The second-order valence-corrected chi connectivity index (χ2v) is 15.4. The molecule has 0 saturated carbocycles. The first-order valence-electron chi connectivity index (χ1n) is 19.8. The number of aliphatic hydroxyl groups is 2. The molecule has 6 aromatic rings.